The zero-order valence-corrected chi connectivity index (χ0v) is 10.6. The molecule has 0 aliphatic carbocycles. The summed E-state index contributed by atoms with van der Waals surface area (Å²) in [6.45, 7) is 4.15. The summed E-state index contributed by atoms with van der Waals surface area (Å²) >= 11 is 6.19. The van der Waals surface area contributed by atoms with E-state index in [4.69, 9.17) is 16.3 Å². The smallest absolute Gasteiger partial charge is 0.122 e. The summed E-state index contributed by atoms with van der Waals surface area (Å²) in [7, 11) is 1.72. The highest BCUT2D eigenvalue weighted by Gasteiger charge is 2.19. The van der Waals surface area contributed by atoms with Gasteiger partial charge in [0.05, 0.1) is 7.11 Å². The van der Waals surface area contributed by atoms with Gasteiger partial charge < -0.3 is 10.1 Å². The van der Waals surface area contributed by atoms with Crippen molar-refractivity contribution in [2.45, 2.75) is 25.7 Å². The number of ether oxygens (including phenoxy) is 1. The van der Waals surface area contributed by atoms with Gasteiger partial charge in [0.2, 0.25) is 0 Å². The standard InChI is InChI=1S/C13H18ClNO/c1-9-6-13(16-2)11(7-12(9)14)10-4-3-5-15-8-10/h6-7,10,15H,3-5,8H2,1-2H3. The average molecular weight is 240 g/mol. The molecular weight excluding hydrogens is 222 g/mol. The van der Waals surface area contributed by atoms with E-state index in [1.165, 1.54) is 18.4 Å². The van der Waals surface area contributed by atoms with Gasteiger partial charge in [0.15, 0.2) is 0 Å². The fourth-order valence-electron chi connectivity index (χ4n) is 2.28. The molecule has 0 radical (unpaired) electrons. The molecule has 0 saturated carbocycles. The molecule has 1 saturated heterocycles. The van der Waals surface area contributed by atoms with Crippen LogP contribution in [-0.2, 0) is 0 Å². The third kappa shape index (κ3) is 2.33. The first-order valence-electron chi connectivity index (χ1n) is 5.77. The Balaban J connectivity index is 2.33. The van der Waals surface area contributed by atoms with Crippen molar-refractivity contribution in [2.75, 3.05) is 20.2 Å². The van der Waals surface area contributed by atoms with Gasteiger partial charge in [0.1, 0.15) is 5.75 Å². The number of rotatable bonds is 2. The van der Waals surface area contributed by atoms with Crippen molar-refractivity contribution in [1.82, 2.24) is 5.32 Å². The summed E-state index contributed by atoms with van der Waals surface area (Å²) in [6.07, 6.45) is 2.43. The van der Waals surface area contributed by atoms with Crippen molar-refractivity contribution in [2.24, 2.45) is 0 Å². The Hall–Kier alpha value is -0.730. The molecule has 0 spiro atoms. The number of halogens is 1. The van der Waals surface area contributed by atoms with Gasteiger partial charge in [-0.3, -0.25) is 0 Å². The van der Waals surface area contributed by atoms with Gasteiger partial charge in [0.25, 0.3) is 0 Å². The van der Waals surface area contributed by atoms with Gasteiger partial charge >= 0.3 is 0 Å². The van der Waals surface area contributed by atoms with Crippen molar-refractivity contribution in [1.29, 1.82) is 0 Å². The number of hydrogen-bond acceptors (Lipinski definition) is 2. The van der Waals surface area contributed by atoms with Crippen molar-refractivity contribution < 1.29 is 4.74 Å². The van der Waals surface area contributed by atoms with Gasteiger partial charge in [-0.2, -0.15) is 0 Å². The molecule has 2 nitrogen and oxygen atoms in total. The second-order valence-corrected chi connectivity index (χ2v) is 4.79. The summed E-state index contributed by atoms with van der Waals surface area (Å²) < 4.78 is 5.45. The first-order valence-corrected chi connectivity index (χ1v) is 6.15. The predicted molar refractivity (Wildman–Crippen MR) is 67.6 cm³/mol. The topological polar surface area (TPSA) is 21.3 Å². The lowest BCUT2D eigenvalue weighted by Crippen LogP contribution is -2.28. The molecule has 1 aromatic carbocycles. The summed E-state index contributed by atoms with van der Waals surface area (Å²) in [5.74, 6) is 1.50. The molecule has 1 unspecified atom stereocenters. The van der Waals surface area contributed by atoms with Crippen LogP contribution in [0.15, 0.2) is 12.1 Å². The number of nitrogens with one attached hydrogen (secondary N) is 1. The average Bonchev–Trinajstić information content (AvgIpc) is 2.33. The van der Waals surface area contributed by atoms with Crippen LogP contribution < -0.4 is 10.1 Å². The van der Waals surface area contributed by atoms with Crippen LogP contribution in [0.25, 0.3) is 0 Å². The minimum absolute atomic E-state index is 0.529. The van der Waals surface area contributed by atoms with Crippen molar-refractivity contribution >= 4 is 11.6 Å². The van der Waals surface area contributed by atoms with Crippen LogP contribution in [-0.4, -0.2) is 20.2 Å². The molecule has 3 heteroatoms. The third-order valence-corrected chi connectivity index (χ3v) is 3.65. The molecule has 88 valence electrons. The SMILES string of the molecule is COc1cc(C)c(Cl)cc1C1CCCNC1. The summed E-state index contributed by atoms with van der Waals surface area (Å²) in [4.78, 5) is 0. The molecule has 0 aromatic heterocycles. The lowest BCUT2D eigenvalue weighted by atomic mass is 9.90. The second kappa shape index (κ2) is 5.07. The highest BCUT2D eigenvalue weighted by molar-refractivity contribution is 6.31. The van der Waals surface area contributed by atoms with Crippen LogP contribution >= 0.6 is 11.6 Å². The van der Waals surface area contributed by atoms with Gasteiger partial charge in [-0.15, -0.1) is 0 Å². The Labute approximate surface area is 102 Å². The van der Waals surface area contributed by atoms with E-state index in [1.54, 1.807) is 7.11 Å². The van der Waals surface area contributed by atoms with Gasteiger partial charge in [-0.05, 0) is 49.6 Å². The number of aryl methyl sites for hydroxylation is 1. The van der Waals surface area contributed by atoms with Crippen LogP contribution in [0.2, 0.25) is 5.02 Å². The predicted octanol–water partition coefficient (Wildman–Crippen LogP) is 3.12. The van der Waals surface area contributed by atoms with E-state index < -0.39 is 0 Å². The molecule has 1 fully saturated rings. The number of piperidine rings is 1. The van der Waals surface area contributed by atoms with E-state index in [0.29, 0.717) is 5.92 Å². The number of methoxy groups -OCH3 is 1. The minimum atomic E-state index is 0.529. The van der Waals surface area contributed by atoms with E-state index in [2.05, 4.69) is 11.4 Å². The lowest BCUT2D eigenvalue weighted by molar-refractivity contribution is 0.392. The first-order chi connectivity index (χ1) is 7.72. The van der Waals surface area contributed by atoms with Crippen LogP contribution in [0.5, 0.6) is 5.75 Å². The van der Waals surface area contributed by atoms with E-state index >= 15 is 0 Å². The molecule has 1 heterocycles. The fraction of sp³-hybridized carbons (Fsp3) is 0.538. The van der Waals surface area contributed by atoms with Crippen LogP contribution in [0.4, 0.5) is 0 Å². The van der Waals surface area contributed by atoms with Gasteiger partial charge in [0, 0.05) is 17.5 Å². The molecule has 0 bridgehead atoms. The second-order valence-electron chi connectivity index (χ2n) is 4.39. The Morgan fingerprint density at radius 3 is 2.88 bits per heavy atom. The highest BCUT2D eigenvalue weighted by Crippen LogP contribution is 2.34. The normalized spacial score (nSPS) is 20.8. The van der Waals surface area contributed by atoms with E-state index in [-0.39, 0.29) is 0 Å². The number of hydrogen-bond donors (Lipinski definition) is 1. The zero-order chi connectivity index (χ0) is 11.5. The molecule has 1 N–H and O–H groups in total. The lowest BCUT2D eigenvalue weighted by Gasteiger charge is -2.25. The third-order valence-electron chi connectivity index (χ3n) is 3.25. The van der Waals surface area contributed by atoms with Crippen LogP contribution in [0, 0.1) is 6.92 Å². The largest absolute Gasteiger partial charge is 0.496 e. The minimum Gasteiger partial charge on any atom is -0.496 e. The van der Waals surface area contributed by atoms with E-state index in [0.717, 1.165) is 29.4 Å². The van der Waals surface area contributed by atoms with Gasteiger partial charge in [-0.1, -0.05) is 11.6 Å². The molecule has 1 aliphatic heterocycles. The summed E-state index contributed by atoms with van der Waals surface area (Å²) in [5.41, 5.74) is 2.32. The van der Waals surface area contributed by atoms with Crippen LogP contribution in [0.1, 0.15) is 29.9 Å². The maximum absolute atomic E-state index is 6.19. The van der Waals surface area contributed by atoms with Crippen LogP contribution in [0.3, 0.4) is 0 Å². The van der Waals surface area contributed by atoms with E-state index in [9.17, 15) is 0 Å². The summed E-state index contributed by atoms with van der Waals surface area (Å²) in [6, 6.07) is 4.10. The Bertz CT molecular complexity index is 372. The quantitative estimate of drug-likeness (QED) is 0.856. The Morgan fingerprint density at radius 2 is 2.25 bits per heavy atom. The molecular formula is C13H18ClNO. The maximum atomic E-state index is 6.19. The Morgan fingerprint density at radius 1 is 1.44 bits per heavy atom. The molecule has 1 aliphatic rings. The van der Waals surface area contributed by atoms with Gasteiger partial charge in [-0.25, -0.2) is 0 Å². The van der Waals surface area contributed by atoms with E-state index in [1.807, 2.05) is 13.0 Å². The van der Waals surface area contributed by atoms with Crippen molar-refractivity contribution in [3.05, 3.63) is 28.3 Å². The van der Waals surface area contributed by atoms with Crippen molar-refractivity contribution in [3.8, 4) is 5.75 Å². The molecule has 16 heavy (non-hydrogen) atoms. The highest BCUT2D eigenvalue weighted by atomic mass is 35.5. The fourth-order valence-corrected chi connectivity index (χ4v) is 2.46. The molecule has 1 atom stereocenters. The maximum Gasteiger partial charge on any atom is 0.122 e. The molecule has 0 amide bonds. The molecule has 2 rings (SSSR count). The first kappa shape index (κ1) is 11.7. The monoisotopic (exact) mass is 239 g/mol. The molecule has 1 aromatic rings. The number of benzene rings is 1. The van der Waals surface area contributed by atoms with Crippen molar-refractivity contribution in [3.63, 3.8) is 0 Å². The zero-order valence-electron chi connectivity index (χ0n) is 9.85. The summed E-state index contributed by atoms with van der Waals surface area (Å²) in [5, 5.41) is 4.25. The Kier molecular flexibility index (Phi) is 3.72.